The summed E-state index contributed by atoms with van der Waals surface area (Å²) in [5.41, 5.74) is 9.82. The molecule has 0 aliphatic heterocycles. The van der Waals surface area contributed by atoms with Gasteiger partial charge in [-0.1, -0.05) is 158 Å². The second-order valence-electron chi connectivity index (χ2n) is 15.3. The average molecular weight is 738 g/mol. The van der Waals surface area contributed by atoms with Crippen molar-refractivity contribution in [3.8, 4) is 22.3 Å². The van der Waals surface area contributed by atoms with Crippen LogP contribution in [0.4, 0.5) is 17.1 Å². The predicted octanol–water partition coefficient (Wildman–Crippen LogP) is 16.2. The Hall–Kier alpha value is -7.68. The molecule has 0 radical (unpaired) electrons. The molecule has 2 heteroatoms. The monoisotopic (exact) mass is 737 g/mol. The molecule has 2 nitrogen and oxygen atoms in total. The molecule has 0 saturated carbocycles. The van der Waals surface area contributed by atoms with Gasteiger partial charge in [0.2, 0.25) is 0 Å². The molecule has 1 aromatic heterocycles. The molecule has 0 spiro atoms. The van der Waals surface area contributed by atoms with Crippen LogP contribution in [0.3, 0.4) is 0 Å². The van der Waals surface area contributed by atoms with Gasteiger partial charge in [-0.3, -0.25) is 0 Å². The van der Waals surface area contributed by atoms with Gasteiger partial charge in [0.25, 0.3) is 0 Å². The second-order valence-corrected chi connectivity index (χ2v) is 15.3. The average Bonchev–Trinajstić information content (AvgIpc) is 3.66. The molecule has 0 saturated heterocycles. The highest BCUT2D eigenvalue weighted by molar-refractivity contribution is 6.17. The van der Waals surface area contributed by atoms with E-state index in [0.29, 0.717) is 0 Å². The van der Waals surface area contributed by atoms with Crippen LogP contribution in [0.15, 0.2) is 217 Å². The van der Waals surface area contributed by atoms with Crippen molar-refractivity contribution in [2.24, 2.45) is 0 Å². The van der Waals surface area contributed by atoms with E-state index >= 15 is 0 Å². The van der Waals surface area contributed by atoms with Gasteiger partial charge in [-0.25, -0.2) is 0 Å². The van der Waals surface area contributed by atoms with E-state index in [9.17, 15) is 0 Å². The second kappa shape index (κ2) is 12.9. The van der Waals surface area contributed by atoms with Crippen molar-refractivity contribution in [3.63, 3.8) is 0 Å². The lowest BCUT2D eigenvalue weighted by atomic mass is 9.92. The maximum absolute atomic E-state index is 6.58. The van der Waals surface area contributed by atoms with Crippen LogP contribution in [0, 0.1) is 0 Å². The third-order valence-electron chi connectivity index (χ3n) is 12.0. The Morgan fingerprint density at radius 3 is 1.62 bits per heavy atom. The van der Waals surface area contributed by atoms with Gasteiger partial charge in [-0.2, -0.15) is 0 Å². The first-order valence-electron chi connectivity index (χ1n) is 19.9. The van der Waals surface area contributed by atoms with E-state index in [1.807, 2.05) is 0 Å². The van der Waals surface area contributed by atoms with Crippen molar-refractivity contribution in [1.29, 1.82) is 0 Å². The van der Waals surface area contributed by atoms with Gasteiger partial charge in [0.15, 0.2) is 0 Å². The summed E-state index contributed by atoms with van der Waals surface area (Å²) in [6.45, 7) is 0. The Kier molecular flexibility index (Phi) is 7.26. The highest BCUT2D eigenvalue weighted by Crippen LogP contribution is 2.45. The normalized spacial score (nSPS) is 11.8. The van der Waals surface area contributed by atoms with Gasteiger partial charge >= 0.3 is 0 Å². The zero-order chi connectivity index (χ0) is 38.2. The van der Waals surface area contributed by atoms with Crippen molar-refractivity contribution in [2.45, 2.75) is 0 Å². The van der Waals surface area contributed by atoms with Crippen molar-refractivity contribution in [3.05, 3.63) is 212 Å². The van der Waals surface area contributed by atoms with E-state index in [1.54, 1.807) is 0 Å². The van der Waals surface area contributed by atoms with Crippen molar-refractivity contribution in [2.75, 3.05) is 4.90 Å². The summed E-state index contributed by atoms with van der Waals surface area (Å²) in [6, 6.07) is 77.1. The first-order chi connectivity index (χ1) is 28.7. The topological polar surface area (TPSA) is 16.4 Å². The fourth-order valence-electron chi connectivity index (χ4n) is 9.18. The molecule has 1 heterocycles. The minimum Gasteiger partial charge on any atom is -0.456 e. The van der Waals surface area contributed by atoms with Gasteiger partial charge in [0, 0.05) is 16.8 Å². The number of anilines is 3. The van der Waals surface area contributed by atoms with Crippen LogP contribution < -0.4 is 4.90 Å². The van der Waals surface area contributed by atoms with E-state index < -0.39 is 0 Å². The molecule has 0 unspecified atom stereocenters. The lowest BCUT2D eigenvalue weighted by molar-refractivity contribution is 0.669. The largest absolute Gasteiger partial charge is 0.456 e. The number of hydrogen-bond donors (Lipinski definition) is 0. The lowest BCUT2D eigenvalue weighted by Gasteiger charge is -2.27. The summed E-state index contributed by atoms with van der Waals surface area (Å²) in [5, 5.41) is 14.6. The first-order valence-corrected chi connectivity index (χ1v) is 19.9. The molecule has 0 N–H and O–H groups in total. The van der Waals surface area contributed by atoms with E-state index in [-0.39, 0.29) is 0 Å². The van der Waals surface area contributed by atoms with Crippen LogP contribution in [0.5, 0.6) is 0 Å². The zero-order valence-corrected chi connectivity index (χ0v) is 31.6. The Balaban J connectivity index is 0.986. The standard InChI is InChI=1S/C56H35NO/c1-2-12-41-35-55-52(33-40(41)11-1)56-53(18-9-19-54(56)58-55)57(45-30-31-48-43(32-45)25-24-38-10-3-5-14-46(38)48)44-28-26-37(27-29-44)36-20-22-39(23-21-36)51-34-42-13-4-6-15-47(42)49-16-7-8-17-50(49)51/h1-35H. The smallest absolute Gasteiger partial charge is 0.137 e. The Bertz CT molecular complexity index is 3560. The Morgan fingerprint density at radius 1 is 0.293 bits per heavy atom. The zero-order valence-electron chi connectivity index (χ0n) is 31.6. The molecule has 11 aromatic carbocycles. The van der Waals surface area contributed by atoms with Gasteiger partial charge in [-0.05, 0) is 131 Å². The SMILES string of the molecule is c1ccc2cc3c(cc2c1)oc1cccc(N(c2ccc(-c4ccc(-c5cc6ccccc6c6ccccc56)cc4)cc2)c2ccc4c(ccc5ccccc54)c2)c13. The number of furan rings is 1. The van der Waals surface area contributed by atoms with E-state index in [4.69, 9.17) is 4.42 Å². The molecule has 0 fully saturated rings. The maximum atomic E-state index is 6.58. The molecule has 12 aromatic rings. The summed E-state index contributed by atoms with van der Waals surface area (Å²) >= 11 is 0. The Labute approximate surface area is 335 Å². The third-order valence-corrected chi connectivity index (χ3v) is 12.0. The maximum Gasteiger partial charge on any atom is 0.137 e. The fraction of sp³-hybridized carbons (Fsp3) is 0. The molecular weight excluding hydrogens is 703 g/mol. The van der Waals surface area contributed by atoms with Crippen LogP contribution in [0.1, 0.15) is 0 Å². The number of benzene rings is 11. The highest BCUT2D eigenvalue weighted by atomic mass is 16.3. The van der Waals surface area contributed by atoms with Gasteiger partial charge < -0.3 is 9.32 Å². The molecule has 0 amide bonds. The van der Waals surface area contributed by atoms with Crippen LogP contribution in [0.2, 0.25) is 0 Å². The quantitative estimate of drug-likeness (QED) is 0.164. The number of hydrogen-bond acceptors (Lipinski definition) is 2. The molecule has 0 aliphatic rings. The summed E-state index contributed by atoms with van der Waals surface area (Å²) in [6.07, 6.45) is 0. The van der Waals surface area contributed by atoms with Gasteiger partial charge in [0.05, 0.1) is 11.1 Å². The van der Waals surface area contributed by atoms with Crippen LogP contribution in [-0.4, -0.2) is 0 Å². The summed E-state index contributed by atoms with van der Waals surface area (Å²) in [5.74, 6) is 0. The van der Waals surface area contributed by atoms with E-state index in [1.165, 1.54) is 76.1 Å². The molecule has 12 rings (SSSR count). The Morgan fingerprint density at radius 2 is 0.845 bits per heavy atom. The summed E-state index contributed by atoms with van der Waals surface area (Å²) in [7, 11) is 0. The number of rotatable bonds is 5. The first kappa shape index (κ1) is 32.6. The van der Waals surface area contributed by atoms with Crippen LogP contribution in [-0.2, 0) is 0 Å². The molecule has 0 aliphatic carbocycles. The minimum absolute atomic E-state index is 0.871. The van der Waals surface area contributed by atoms with Crippen LogP contribution >= 0.6 is 0 Å². The highest BCUT2D eigenvalue weighted by Gasteiger charge is 2.21. The molecule has 0 bridgehead atoms. The van der Waals surface area contributed by atoms with Gasteiger partial charge in [-0.15, -0.1) is 0 Å². The predicted molar refractivity (Wildman–Crippen MR) is 247 cm³/mol. The van der Waals surface area contributed by atoms with Crippen molar-refractivity contribution in [1.82, 2.24) is 0 Å². The van der Waals surface area contributed by atoms with Crippen molar-refractivity contribution >= 4 is 92.9 Å². The minimum atomic E-state index is 0.871. The van der Waals surface area contributed by atoms with Crippen molar-refractivity contribution < 1.29 is 4.42 Å². The number of fused-ring (bicyclic) bond motifs is 10. The molecule has 270 valence electrons. The van der Waals surface area contributed by atoms with Gasteiger partial charge in [0.1, 0.15) is 11.2 Å². The summed E-state index contributed by atoms with van der Waals surface area (Å²) in [4.78, 5) is 2.39. The van der Waals surface area contributed by atoms with Crippen LogP contribution in [0.25, 0.3) is 98.1 Å². The molecular formula is C56H35NO. The molecule has 58 heavy (non-hydrogen) atoms. The summed E-state index contributed by atoms with van der Waals surface area (Å²) < 4.78 is 6.58. The number of nitrogens with zero attached hydrogens (tertiary/aromatic N) is 1. The third kappa shape index (κ3) is 5.19. The fourth-order valence-corrected chi connectivity index (χ4v) is 9.18. The van der Waals surface area contributed by atoms with E-state index in [2.05, 4.69) is 217 Å². The lowest BCUT2D eigenvalue weighted by Crippen LogP contribution is -2.10. The van der Waals surface area contributed by atoms with E-state index in [0.717, 1.165) is 39.0 Å². The molecule has 0 atom stereocenters.